The van der Waals surface area contributed by atoms with Crippen molar-refractivity contribution in [3.8, 4) is 6.07 Å². The molecule has 0 aliphatic carbocycles. The largest absolute Gasteiger partial charge is 0.416 e. The molecule has 1 saturated heterocycles. The molecule has 1 heterocycles. The summed E-state index contributed by atoms with van der Waals surface area (Å²) in [6.07, 6.45) is -4.53. The van der Waals surface area contributed by atoms with Gasteiger partial charge < -0.3 is 0 Å². The number of nitrogens with one attached hydrogen (secondary N) is 1. The fourth-order valence-electron chi connectivity index (χ4n) is 1.78. The van der Waals surface area contributed by atoms with Crippen molar-refractivity contribution in [2.75, 3.05) is 11.4 Å². The van der Waals surface area contributed by atoms with Gasteiger partial charge in [0.05, 0.1) is 18.2 Å². The van der Waals surface area contributed by atoms with E-state index in [2.05, 4.69) is 0 Å². The van der Waals surface area contributed by atoms with Crippen LogP contribution in [0.2, 0.25) is 0 Å². The van der Waals surface area contributed by atoms with E-state index in [9.17, 15) is 22.8 Å². The van der Waals surface area contributed by atoms with Gasteiger partial charge in [-0.1, -0.05) is 6.07 Å². The predicted molar refractivity (Wildman–Crippen MR) is 61.4 cm³/mol. The van der Waals surface area contributed by atoms with E-state index >= 15 is 0 Å². The average molecular weight is 283 g/mol. The quantitative estimate of drug-likeness (QED) is 0.855. The van der Waals surface area contributed by atoms with Gasteiger partial charge in [-0.25, -0.2) is 4.79 Å². The Bertz CT molecular complexity index is 607. The molecular formula is C12H8F3N3O2. The van der Waals surface area contributed by atoms with Crippen LogP contribution in [0.25, 0.3) is 0 Å². The first kappa shape index (κ1) is 13.9. The minimum Gasteiger partial charge on any atom is -0.292 e. The maximum Gasteiger partial charge on any atom is 0.416 e. The van der Waals surface area contributed by atoms with Crippen molar-refractivity contribution in [3.05, 3.63) is 29.8 Å². The molecule has 8 heteroatoms. The lowest BCUT2D eigenvalue weighted by atomic mass is 10.1. The molecule has 1 unspecified atom stereocenters. The topological polar surface area (TPSA) is 73.2 Å². The maximum absolute atomic E-state index is 12.6. The van der Waals surface area contributed by atoms with Crippen LogP contribution in [-0.2, 0) is 11.0 Å². The van der Waals surface area contributed by atoms with Gasteiger partial charge in [-0.15, -0.1) is 0 Å². The molecule has 5 nitrogen and oxygen atoms in total. The van der Waals surface area contributed by atoms with Crippen LogP contribution >= 0.6 is 0 Å². The number of alkyl halides is 3. The highest BCUT2D eigenvalue weighted by molar-refractivity contribution is 6.07. The van der Waals surface area contributed by atoms with Gasteiger partial charge >= 0.3 is 12.2 Å². The van der Waals surface area contributed by atoms with Crippen molar-refractivity contribution in [1.29, 1.82) is 5.26 Å². The Kier molecular flexibility index (Phi) is 3.36. The Morgan fingerprint density at radius 3 is 2.65 bits per heavy atom. The molecule has 0 radical (unpaired) electrons. The van der Waals surface area contributed by atoms with E-state index < -0.39 is 29.6 Å². The van der Waals surface area contributed by atoms with Gasteiger partial charge in [-0.2, -0.15) is 18.4 Å². The highest BCUT2D eigenvalue weighted by atomic mass is 19.4. The zero-order valence-electron chi connectivity index (χ0n) is 9.94. The second-order valence-corrected chi connectivity index (χ2v) is 4.13. The smallest absolute Gasteiger partial charge is 0.292 e. The summed E-state index contributed by atoms with van der Waals surface area (Å²) in [6, 6.07) is 4.97. The standard InChI is InChI=1S/C12H8F3N3O2/c13-12(14,15)8-2-1-3-9(4-8)18-6-7(5-16)10(19)17-11(18)20/h1-4,7H,6H2,(H,17,19,20). The zero-order chi connectivity index (χ0) is 14.9. The fourth-order valence-corrected chi connectivity index (χ4v) is 1.78. The van der Waals surface area contributed by atoms with E-state index in [0.717, 1.165) is 23.1 Å². The number of halogens is 3. The van der Waals surface area contributed by atoms with E-state index in [1.54, 1.807) is 6.07 Å². The lowest BCUT2D eigenvalue weighted by Crippen LogP contribution is -2.54. The summed E-state index contributed by atoms with van der Waals surface area (Å²) in [4.78, 5) is 23.8. The van der Waals surface area contributed by atoms with Crippen LogP contribution in [0.1, 0.15) is 5.56 Å². The molecular weight excluding hydrogens is 275 g/mol. The van der Waals surface area contributed by atoms with Gasteiger partial charge in [0, 0.05) is 5.69 Å². The average Bonchev–Trinajstić information content (AvgIpc) is 2.38. The van der Waals surface area contributed by atoms with Crippen LogP contribution in [0.15, 0.2) is 24.3 Å². The highest BCUT2D eigenvalue weighted by Gasteiger charge is 2.35. The molecule has 0 saturated carbocycles. The number of carbonyl (C=O) groups excluding carboxylic acids is 2. The number of urea groups is 1. The third-order valence-electron chi connectivity index (χ3n) is 2.80. The molecule has 1 aromatic rings. The summed E-state index contributed by atoms with van der Waals surface area (Å²) in [5.74, 6) is -1.86. The molecule has 2 rings (SSSR count). The molecule has 104 valence electrons. The first-order valence-electron chi connectivity index (χ1n) is 5.52. The molecule has 1 N–H and O–H groups in total. The molecule has 3 amide bonds. The Labute approximate surface area is 111 Å². The number of rotatable bonds is 1. The second kappa shape index (κ2) is 4.85. The minimum absolute atomic E-state index is 0.0231. The molecule has 1 fully saturated rings. The Morgan fingerprint density at radius 1 is 1.35 bits per heavy atom. The van der Waals surface area contributed by atoms with Gasteiger partial charge in [0.2, 0.25) is 5.91 Å². The molecule has 1 aliphatic rings. The molecule has 0 bridgehead atoms. The van der Waals surface area contributed by atoms with Crippen molar-refractivity contribution in [2.24, 2.45) is 5.92 Å². The molecule has 0 aromatic heterocycles. The van der Waals surface area contributed by atoms with Crippen LogP contribution in [0.4, 0.5) is 23.7 Å². The molecule has 1 aliphatic heterocycles. The van der Waals surface area contributed by atoms with E-state index in [1.807, 2.05) is 5.32 Å². The third-order valence-corrected chi connectivity index (χ3v) is 2.80. The predicted octanol–water partition coefficient (Wildman–Crippen LogP) is 1.90. The van der Waals surface area contributed by atoms with Crippen molar-refractivity contribution in [3.63, 3.8) is 0 Å². The Morgan fingerprint density at radius 2 is 2.05 bits per heavy atom. The fraction of sp³-hybridized carbons (Fsp3) is 0.250. The second-order valence-electron chi connectivity index (χ2n) is 4.13. The van der Waals surface area contributed by atoms with Crippen molar-refractivity contribution >= 4 is 17.6 Å². The molecule has 0 spiro atoms. The van der Waals surface area contributed by atoms with E-state index in [-0.39, 0.29) is 12.2 Å². The third kappa shape index (κ3) is 2.56. The van der Waals surface area contributed by atoms with Gasteiger partial charge in [-0.3, -0.25) is 15.0 Å². The van der Waals surface area contributed by atoms with Crippen LogP contribution in [-0.4, -0.2) is 18.5 Å². The number of carbonyl (C=O) groups is 2. The molecule has 1 aromatic carbocycles. The van der Waals surface area contributed by atoms with Crippen molar-refractivity contribution in [2.45, 2.75) is 6.18 Å². The van der Waals surface area contributed by atoms with Crippen LogP contribution in [0, 0.1) is 17.2 Å². The minimum atomic E-state index is -4.53. The van der Waals surface area contributed by atoms with Crippen LogP contribution < -0.4 is 10.2 Å². The highest BCUT2D eigenvalue weighted by Crippen LogP contribution is 2.32. The summed E-state index contributed by atoms with van der Waals surface area (Å²) >= 11 is 0. The number of imide groups is 1. The number of nitrogens with zero attached hydrogens (tertiary/aromatic N) is 2. The monoisotopic (exact) mass is 283 g/mol. The number of amides is 3. The van der Waals surface area contributed by atoms with Gasteiger partial charge in [0.15, 0.2) is 0 Å². The number of benzene rings is 1. The number of anilines is 1. The normalized spacial score (nSPS) is 19.5. The van der Waals surface area contributed by atoms with Gasteiger partial charge in [0.1, 0.15) is 5.92 Å². The molecule has 1 atom stereocenters. The summed E-state index contributed by atoms with van der Waals surface area (Å²) in [6.45, 7) is -0.275. The first-order valence-corrected chi connectivity index (χ1v) is 5.52. The van der Waals surface area contributed by atoms with E-state index in [4.69, 9.17) is 5.26 Å². The lowest BCUT2D eigenvalue weighted by Gasteiger charge is -2.29. The lowest BCUT2D eigenvalue weighted by molar-refractivity contribution is -0.137. The van der Waals surface area contributed by atoms with Crippen molar-refractivity contribution < 1.29 is 22.8 Å². The van der Waals surface area contributed by atoms with Crippen LogP contribution in [0.5, 0.6) is 0 Å². The van der Waals surface area contributed by atoms with E-state index in [1.165, 1.54) is 6.07 Å². The maximum atomic E-state index is 12.6. The first-order chi connectivity index (χ1) is 9.32. The number of hydrogen-bond acceptors (Lipinski definition) is 3. The van der Waals surface area contributed by atoms with Crippen LogP contribution in [0.3, 0.4) is 0 Å². The summed E-state index contributed by atoms with van der Waals surface area (Å²) in [5.41, 5.74) is -0.932. The number of hydrogen-bond donors (Lipinski definition) is 1. The SMILES string of the molecule is N#CC1CN(c2cccc(C(F)(F)F)c2)C(=O)NC1=O. The van der Waals surface area contributed by atoms with Gasteiger partial charge in [0.25, 0.3) is 0 Å². The summed E-state index contributed by atoms with van der Waals surface area (Å²) in [5, 5.41) is 10.7. The number of nitriles is 1. The Hall–Kier alpha value is -2.56. The van der Waals surface area contributed by atoms with E-state index in [0.29, 0.717) is 0 Å². The summed E-state index contributed by atoms with van der Waals surface area (Å²) < 4.78 is 37.8. The Balaban J connectivity index is 2.34. The summed E-state index contributed by atoms with van der Waals surface area (Å²) in [7, 11) is 0. The van der Waals surface area contributed by atoms with Crippen molar-refractivity contribution in [1.82, 2.24) is 5.32 Å². The molecule has 20 heavy (non-hydrogen) atoms. The van der Waals surface area contributed by atoms with Gasteiger partial charge in [-0.05, 0) is 18.2 Å². The zero-order valence-corrected chi connectivity index (χ0v) is 9.94.